The number of para-hydroxylation sites is 1. The number of carbonyl (C=O) groups is 3. The van der Waals surface area contributed by atoms with Crippen LogP contribution in [-0.4, -0.2) is 42.1 Å². The quantitative estimate of drug-likeness (QED) is 0.396. The Morgan fingerprint density at radius 2 is 1.65 bits per heavy atom. The van der Waals surface area contributed by atoms with E-state index in [1.807, 2.05) is 74.6 Å². The number of ether oxygens (including phenoxy) is 2. The molecule has 2 amide bonds. The third-order valence-corrected chi connectivity index (χ3v) is 5.43. The van der Waals surface area contributed by atoms with Gasteiger partial charge in [-0.05, 0) is 29.5 Å². The molecule has 0 fully saturated rings. The van der Waals surface area contributed by atoms with Crippen molar-refractivity contribution in [2.24, 2.45) is 5.92 Å². The van der Waals surface area contributed by atoms with E-state index in [0.717, 1.165) is 22.0 Å². The van der Waals surface area contributed by atoms with E-state index in [9.17, 15) is 14.4 Å². The average Bonchev–Trinajstić information content (AvgIpc) is 3.24. The van der Waals surface area contributed by atoms with E-state index >= 15 is 0 Å². The third kappa shape index (κ3) is 6.84. The predicted molar refractivity (Wildman–Crippen MR) is 129 cm³/mol. The van der Waals surface area contributed by atoms with E-state index in [0.29, 0.717) is 6.42 Å². The molecule has 3 aromatic rings. The number of H-pyrrole nitrogens is 1. The van der Waals surface area contributed by atoms with Gasteiger partial charge in [-0.1, -0.05) is 62.4 Å². The third-order valence-electron chi connectivity index (χ3n) is 5.43. The summed E-state index contributed by atoms with van der Waals surface area (Å²) in [6.07, 6.45) is 1.72. The van der Waals surface area contributed by atoms with E-state index in [1.165, 1.54) is 7.11 Å². The molecule has 2 aromatic carbocycles. The number of alkyl carbamates (subject to hydrolysis) is 1. The molecule has 0 radical (unpaired) electrons. The molecule has 1 aromatic heterocycles. The van der Waals surface area contributed by atoms with Crippen molar-refractivity contribution >= 4 is 28.9 Å². The van der Waals surface area contributed by atoms with Crippen molar-refractivity contribution in [3.05, 3.63) is 71.9 Å². The molecule has 0 bridgehead atoms. The zero-order valence-corrected chi connectivity index (χ0v) is 19.7. The van der Waals surface area contributed by atoms with Gasteiger partial charge in [-0.2, -0.15) is 0 Å². The van der Waals surface area contributed by atoms with Crippen LogP contribution in [-0.2, 0) is 32.1 Å². The number of carbonyl (C=O) groups excluding carboxylic acids is 3. The van der Waals surface area contributed by atoms with Crippen molar-refractivity contribution in [2.75, 3.05) is 7.11 Å². The van der Waals surface area contributed by atoms with Crippen LogP contribution in [0, 0.1) is 5.92 Å². The van der Waals surface area contributed by atoms with Gasteiger partial charge in [0.15, 0.2) is 0 Å². The lowest BCUT2D eigenvalue weighted by molar-refractivity contribution is -0.145. The molecule has 0 aliphatic heterocycles. The summed E-state index contributed by atoms with van der Waals surface area (Å²) in [6, 6.07) is 15.2. The Hall–Kier alpha value is -3.81. The lowest BCUT2D eigenvalue weighted by Crippen LogP contribution is -2.53. The second kappa shape index (κ2) is 11.9. The summed E-state index contributed by atoms with van der Waals surface area (Å²) < 4.78 is 10.2. The zero-order chi connectivity index (χ0) is 24.5. The Balaban J connectivity index is 1.76. The molecule has 0 aliphatic carbocycles. The van der Waals surface area contributed by atoms with Crippen LogP contribution < -0.4 is 10.6 Å². The number of amides is 2. The summed E-state index contributed by atoms with van der Waals surface area (Å²) in [6.45, 7) is 3.97. The van der Waals surface area contributed by atoms with Crippen LogP contribution in [0.15, 0.2) is 60.8 Å². The van der Waals surface area contributed by atoms with Gasteiger partial charge >= 0.3 is 12.1 Å². The minimum Gasteiger partial charge on any atom is -0.467 e. The molecule has 0 saturated heterocycles. The van der Waals surface area contributed by atoms with Crippen LogP contribution in [0.2, 0.25) is 0 Å². The maximum absolute atomic E-state index is 13.2. The molecule has 0 spiro atoms. The van der Waals surface area contributed by atoms with Crippen LogP contribution in [0.3, 0.4) is 0 Å². The smallest absolute Gasteiger partial charge is 0.408 e. The van der Waals surface area contributed by atoms with Gasteiger partial charge in [0, 0.05) is 23.5 Å². The number of aromatic amines is 1. The number of aromatic nitrogens is 1. The Morgan fingerprint density at radius 1 is 0.941 bits per heavy atom. The Labute approximate surface area is 199 Å². The van der Waals surface area contributed by atoms with Gasteiger partial charge in [0.05, 0.1) is 7.11 Å². The molecule has 0 aliphatic rings. The summed E-state index contributed by atoms with van der Waals surface area (Å²) in [5.74, 6) is -0.863. The fourth-order valence-electron chi connectivity index (χ4n) is 3.74. The molecular weight excluding hydrogens is 434 g/mol. The highest BCUT2D eigenvalue weighted by Crippen LogP contribution is 2.19. The average molecular weight is 466 g/mol. The van der Waals surface area contributed by atoms with Gasteiger partial charge in [-0.3, -0.25) is 4.79 Å². The summed E-state index contributed by atoms with van der Waals surface area (Å²) >= 11 is 0. The first-order valence-corrected chi connectivity index (χ1v) is 11.3. The lowest BCUT2D eigenvalue weighted by Gasteiger charge is -2.23. The molecule has 8 nitrogen and oxygen atoms in total. The van der Waals surface area contributed by atoms with Crippen molar-refractivity contribution in [3.63, 3.8) is 0 Å². The Morgan fingerprint density at radius 3 is 2.35 bits per heavy atom. The largest absolute Gasteiger partial charge is 0.467 e. The number of rotatable bonds is 10. The molecule has 180 valence electrons. The van der Waals surface area contributed by atoms with Crippen LogP contribution in [0.1, 0.15) is 31.4 Å². The van der Waals surface area contributed by atoms with Crippen molar-refractivity contribution in [1.29, 1.82) is 0 Å². The van der Waals surface area contributed by atoms with Crippen molar-refractivity contribution in [2.45, 2.75) is 45.4 Å². The van der Waals surface area contributed by atoms with Gasteiger partial charge in [0.25, 0.3) is 0 Å². The van der Waals surface area contributed by atoms with Crippen molar-refractivity contribution < 1.29 is 23.9 Å². The van der Waals surface area contributed by atoms with Gasteiger partial charge in [0.2, 0.25) is 5.91 Å². The second-order valence-electron chi connectivity index (χ2n) is 8.54. The number of fused-ring (bicyclic) bond motifs is 1. The second-order valence-corrected chi connectivity index (χ2v) is 8.54. The molecule has 3 rings (SSSR count). The van der Waals surface area contributed by atoms with Gasteiger partial charge < -0.3 is 25.1 Å². The van der Waals surface area contributed by atoms with Crippen molar-refractivity contribution in [3.8, 4) is 0 Å². The predicted octanol–water partition coefficient (Wildman–Crippen LogP) is 3.71. The van der Waals surface area contributed by atoms with Crippen LogP contribution >= 0.6 is 0 Å². The topological polar surface area (TPSA) is 110 Å². The van der Waals surface area contributed by atoms with Crippen molar-refractivity contribution in [1.82, 2.24) is 15.6 Å². The van der Waals surface area contributed by atoms with Crippen LogP contribution in [0.4, 0.5) is 4.79 Å². The number of hydrogen-bond acceptors (Lipinski definition) is 5. The SMILES string of the molecule is COC(=O)[C@H](CC(C)C)NC(=O)[C@H](Cc1c[nH]c2ccccc12)NC(=O)OCc1ccccc1. The molecular formula is C26H31N3O5. The first-order chi connectivity index (χ1) is 16.4. The highest BCUT2D eigenvalue weighted by Gasteiger charge is 2.29. The minimum absolute atomic E-state index is 0.0756. The van der Waals surface area contributed by atoms with E-state index in [-0.39, 0.29) is 18.9 Å². The van der Waals surface area contributed by atoms with Gasteiger partial charge in [0.1, 0.15) is 18.7 Å². The number of esters is 1. The summed E-state index contributed by atoms with van der Waals surface area (Å²) in [5.41, 5.74) is 2.62. The number of benzene rings is 2. The summed E-state index contributed by atoms with van der Waals surface area (Å²) in [4.78, 5) is 41.2. The summed E-state index contributed by atoms with van der Waals surface area (Å²) in [5, 5.41) is 6.36. The van der Waals surface area contributed by atoms with Crippen LogP contribution in [0.25, 0.3) is 10.9 Å². The number of nitrogens with one attached hydrogen (secondary N) is 3. The molecule has 0 unspecified atom stereocenters. The molecule has 34 heavy (non-hydrogen) atoms. The van der Waals surface area contributed by atoms with Gasteiger partial charge in [-0.25, -0.2) is 9.59 Å². The fraction of sp³-hybridized carbons (Fsp3) is 0.346. The minimum atomic E-state index is -0.957. The normalized spacial score (nSPS) is 12.7. The standard InChI is InChI=1S/C26H31N3O5/c1-17(2)13-23(25(31)33-3)28-24(30)22(14-19-15-27-21-12-8-7-11-20(19)21)29-26(32)34-16-18-9-5-4-6-10-18/h4-12,15,17,22-23,27H,13-14,16H2,1-3H3,(H,28,30)(H,29,32)/t22-,23-/m0/s1. The lowest BCUT2D eigenvalue weighted by atomic mass is 10.0. The van der Waals surface area contributed by atoms with Crippen LogP contribution in [0.5, 0.6) is 0 Å². The van der Waals surface area contributed by atoms with E-state index in [4.69, 9.17) is 9.47 Å². The summed E-state index contributed by atoms with van der Waals surface area (Å²) in [7, 11) is 1.28. The maximum Gasteiger partial charge on any atom is 0.408 e. The van der Waals surface area contributed by atoms with Gasteiger partial charge in [-0.15, -0.1) is 0 Å². The number of methoxy groups -OCH3 is 1. The molecule has 0 saturated carbocycles. The maximum atomic E-state index is 13.2. The Bertz CT molecular complexity index is 1110. The highest BCUT2D eigenvalue weighted by molar-refractivity contribution is 5.91. The molecule has 2 atom stereocenters. The van der Waals surface area contributed by atoms with E-state index in [2.05, 4.69) is 15.6 Å². The monoisotopic (exact) mass is 465 g/mol. The highest BCUT2D eigenvalue weighted by atomic mass is 16.5. The first kappa shape index (κ1) is 24.8. The zero-order valence-electron chi connectivity index (χ0n) is 19.7. The number of hydrogen-bond donors (Lipinski definition) is 3. The Kier molecular flexibility index (Phi) is 8.67. The molecule has 1 heterocycles. The first-order valence-electron chi connectivity index (χ1n) is 11.3. The molecule has 3 N–H and O–H groups in total. The van der Waals surface area contributed by atoms with E-state index in [1.54, 1.807) is 0 Å². The van der Waals surface area contributed by atoms with E-state index < -0.39 is 30.1 Å². The fourth-order valence-corrected chi connectivity index (χ4v) is 3.74. The molecule has 8 heteroatoms.